The molecule has 8 aromatic carbocycles. The van der Waals surface area contributed by atoms with Crippen molar-refractivity contribution in [3.63, 3.8) is 0 Å². The maximum Gasteiger partial charge on any atom is 0.296 e. The van der Waals surface area contributed by atoms with Crippen LogP contribution in [0, 0.1) is 6.92 Å². The minimum atomic E-state index is -5.14. The van der Waals surface area contributed by atoms with Crippen LogP contribution in [0.2, 0.25) is 0 Å². The van der Waals surface area contributed by atoms with Gasteiger partial charge in [-0.25, -0.2) is 27.4 Å². The van der Waals surface area contributed by atoms with Crippen molar-refractivity contribution in [1.29, 1.82) is 0 Å². The second-order valence-electron chi connectivity index (χ2n) is 16.9. The van der Waals surface area contributed by atoms with Gasteiger partial charge in [0.2, 0.25) is 0 Å². The molecular formula is C48H43N9O21S7. The quantitative estimate of drug-likeness (QED) is 0.00546. The standard InChI is InChI=1S/C29H24N4O5S2.C19H19N5O16S5/c1-20-10-16-24(17-11-20)39(34,35)33-23-14-12-22(13-15-23)31-32-26-18-19-27(30-21-6-3-2-4-7-21)29-25(26)8-5-9-28(29)40(36,37)38;1-21-23-18-14(45(33,34)35)7-9-6-12(41-39-37-26)17(16(20)15(9)19(18)25)24-22-11-3-2-10(8-13(11)44(30,31)32)43(28,29)5-4-36-42-40-38-27/h2-19,30,33H,1H3,(H,36,37,38);2-3,6-8,25-27H,4-5,20H2,1H3,(H,30,31,32)(H,33,34,35). The second kappa shape index (κ2) is 27.6. The van der Waals surface area contributed by atoms with Gasteiger partial charge in [0.25, 0.3) is 40.4 Å². The molecule has 0 aliphatic heterocycles. The molecule has 0 radical (unpaired) electrons. The van der Waals surface area contributed by atoms with Crippen molar-refractivity contribution in [2.45, 2.75) is 36.3 Å². The summed E-state index contributed by atoms with van der Waals surface area (Å²) in [6, 6.07) is 34.4. The lowest BCUT2D eigenvalue weighted by Crippen LogP contribution is -2.12. The second-order valence-corrected chi connectivity index (χ2v) is 26.1. The number of nitrogens with zero attached hydrogens (tertiary/aromatic N) is 6. The first-order valence-corrected chi connectivity index (χ1v) is 32.1. The Labute approximate surface area is 491 Å². The van der Waals surface area contributed by atoms with Crippen molar-refractivity contribution in [2.24, 2.45) is 30.7 Å². The zero-order valence-corrected chi connectivity index (χ0v) is 48.8. The topological polar surface area (TPSA) is 462 Å². The Morgan fingerprint density at radius 1 is 0.588 bits per heavy atom. The molecule has 0 aliphatic carbocycles. The maximum absolute atomic E-state index is 12.7. The van der Waals surface area contributed by atoms with Crippen LogP contribution < -0.4 is 15.8 Å². The van der Waals surface area contributed by atoms with E-state index in [1.165, 1.54) is 12.1 Å². The number of nitrogens with one attached hydrogen (secondary N) is 2. The van der Waals surface area contributed by atoms with Gasteiger partial charge in [0, 0.05) is 34.9 Å². The summed E-state index contributed by atoms with van der Waals surface area (Å²) < 4.78 is 168. The average molecular weight is 1310 g/mol. The van der Waals surface area contributed by atoms with Crippen molar-refractivity contribution < 1.29 is 94.3 Å². The Morgan fingerprint density at radius 3 is 1.86 bits per heavy atom. The summed E-state index contributed by atoms with van der Waals surface area (Å²) in [5.74, 6) is -1.58. The Bertz CT molecular complexity index is 4480. The van der Waals surface area contributed by atoms with Gasteiger partial charge in [0.15, 0.2) is 27.9 Å². The van der Waals surface area contributed by atoms with Gasteiger partial charge in [-0.05, 0) is 109 Å². The zero-order valence-electron chi connectivity index (χ0n) is 43.1. The van der Waals surface area contributed by atoms with E-state index in [1.807, 2.05) is 37.3 Å². The van der Waals surface area contributed by atoms with Gasteiger partial charge in [-0.2, -0.15) is 40.6 Å². The number of aryl methyl sites for hydroxylation is 1. The van der Waals surface area contributed by atoms with Gasteiger partial charge in [-0.3, -0.25) is 22.6 Å². The molecule has 0 atom stereocenters. The molecule has 0 saturated carbocycles. The molecular weight excluding hydrogens is 1260 g/mol. The normalized spacial score (nSPS) is 12.6. The van der Waals surface area contributed by atoms with E-state index in [-0.39, 0.29) is 55.2 Å². The summed E-state index contributed by atoms with van der Waals surface area (Å²) in [6.45, 7) is 1.38. The molecule has 37 heteroatoms. The van der Waals surface area contributed by atoms with Crippen molar-refractivity contribution in [3.8, 4) is 5.75 Å². The molecule has 0 aliphatic rings. The monoisotopic (exact) mass is 1310 g/mol. The predicted molar refractivity (Wildman–Crippen MR) is 308 cm³/mol. The number of benzene rings is 8. The molecule has 10 N–H and O–H groups in total. The van der Waals surface area contributed by atoms with Crippen LogP contribution in [-0.2, 0) is 73.1 Å². The highest BCUT2D eigenvalue weighted by atomic mass is 32.2. The van der Waals surface area contributed by atoms with Crippen LogP contribution in [-0.4, -0.2) is 90.8 Å². The Kier molecular flexibility index (Phi) is 21.0. The number of sulfonamides is 1. The van der Waals surface area contributed by atoms with E-state index in [2.05, 4.69) is 63.7 Å². The predicted octanol–water partition coefficient (Wildman–Crippen LogP) is 11.3. The fourth-order valence-corrected chi connectivity index (χ4v) is 12.7. The van der Waals surface area contributed by atoms with Gasteiger partial charge in [-0.15, -0.1) is 24.0 Å². The highest BCUT2D eigenvalue weighted by Gasteiger charge is 2.27. The highest BCUT2D eigenvalue weighted by Crippen LogP contribution is 2.49. The number of fused-ring (bicyclic) bond motifs is 2. The van der Waals surface area contributed by atoms with E-state index < -0.39 is 106 Å². The van der Waals surface area contributed by atoms with Crippen LogP contribution in [0.15, 0.2) is 200 Å². The van der Waals surface area contributed by atoms with E-state index in [0.717, 1.165) is 42.6 Å². The largest absolute Gasteiger partial charge is 0.505 e. The molecule has 0 saturated heterocycles. The highest BCUT2D eigenvalue weighted by molar-refractivity contribution is 7.94. The van der Waals surface area contributed by atoms with E-state index in [9.17, 15) is 60.9 Å². The lowest BCUT2D eigenvalue weighted by molar-refractivity contribution is -0.434. The SMILES string of the molecule is CN=Nc1c(S(=O)(=O)O)cc2cc(SOOO)c(N=Nc3ccc(S(=O)(=O)CCOSOOO)cc3S(=O)(=O)O)c(N)c2c1O.Cc1ccc(S(=O)(=O)Nc2ccc(N=Nc3ccc(Nc4ccccc4)c4c(S(=O)(=O)O)cccc34)cc2)cc1. The first kappa shape index (κ1) is 64.9. The summed E-state index contributed by atoms with van der Waals surface area (Å²) >= 11 is 0.351. The molecule has 0 fully saturated rings. The minimum absolute atomic E-state index is 0.111. The third kappa shape index (κ3) is 16.4. The number of azo groups is 3. The number of rotatable bonds is 23. The third-order valence-corrected chi connectivity index (χ3v) is 18.1. The van der Waals surface area contributed by atoms with Crippen LogP contribution in [0.5, 0.6) is 5.75 Å². The molecule has 0 bridgehead atoms. The fourth-order valence-electron chi connectivity index (χ4n) is 7.61. The summed E-state index contributed by atoms with van der Waals surface area (Å²) in [6.07, 6.45) is 0. The number of sulfone groups is 1. The molecule has 8 aromatic rings. The van der Waals surface area contributed by atoms with Gasteiger partial charge in [-0.1, -0.05) is 58.1 Å². The van der Waals surface area contributed by atoms with E-state index in [1.54, 1.807) is 66.7 Å². The number of para-hydroxylation sites is 1. The van der Waals surface area contributed by atoms with Gasteiger partial charge in [0.05, 0.1) is 61.5 Å². The van der Waals surface area contributed by atoms with Crippen molar-refractivity contribution in [3.05, 3.63) is 145 Å². The molecule has 8 rings (SSSR count). The van der Waals surface area contributed by atoms with Gasteiger partial charge < -0.3 is 16.2 Å². The molecule has 30 nitrogen and oxygen atoms in total. The van der Waals surface area contributed by atoms with Crippen LogP contribution in [0.25, 0.3) is 21.5 Å². The van der Waals surface area contributed by atoms with Gasteiger partial charge >= 0.3 is 0 Å². The van der Waals surface area contributed by atoms with Crippen molar-refractivity contribution in [1.82, 2.24) is 0 Å². The molecule has 0 amide bonds. The van der Waals surface area contributed by atoms with Crippen LogP contribution in [0.3, 0.4) is 0 Å². The number of phenolic OH excluding ortho intramolecular Hbond substituents is 1. The molecule has 0 unspecified atom stereocenters. The number of anilines is 4. The molecule has 0 spiro atoms. The summed E-state index contributed by atoms with van der Waals surface area (Å²) in [5, 5.41) is 60.9. The Morgan fingerprint density at radius 2 is 1.22 bits per heavy atom. The van der Waals surface area contributed by atoms with Crippen LogP contribution >= 0.6 is 24.4 Å². The van der Waals surface area contributed by atoms with E-state index in [0.29, 0.717) is 34.2 Å². The number of nitrogens with two attached hydrogens (primary N) is 1. The minimum Gasteiger partial charge on any atom is -0.505 e. The third-order valence-electron chi connectivity index (χ3n) is 11.3. The lowest BCUT2D eigenvalue weighted by atomic mass is 10.1. The smallest absolute Gasteiger partial charge is 0.296 e. The number of hydrogen-bond acceptors (Lipinski definition) is 28. The summed E-state index contributed by atoms with van der Waals surface area (Å²) in [4.78, 5) is -2.73. The van der Waals surface area contributed by atoms with E-state index in [4.69, 9.17) is 16.2 Å². The fraction of sp³-hybridized carbons (Fsp3) is 0.0833. The Hall–Kier alpha value is -7.67. The number of phenols is 1. The number of hydrogen-bond donors (Lipinski definition) is 9. The van der Waals surface area contributed by atoms with Gasteiger partial charge in [0.1, 0.15) is 31.7 Å². The van der Waals surface area contributed by atoms with E-state index >= 15 is 0 Å². The lowest BCUT2D eigenvalue weighted by Gasteiger charge is -2.14. The molecule has 85 heavy (non-hydrogen) atoms. The maximum atomic E-state index is 12.7. The first-order valence-electron chi connectivity index (χ1n) is 23.2. The molecule has 448 valence electrons. The number of aromatic hydroxyl groups is 1. The average Bonchev–Trinajstić information content (AvgIpc) is 1.76. The van der Waals surface area contributed by atoms with Crippen LogP contribution in [0.4, 0.5) is 51.2 Å². The Balaban J connectivity index is 0.000000245. The molecule has 0 heterocycles. The van der Waals surface area contributed by atoms with Crippen molar-refractivity contribution >= 4 is 147 Å². The van der Waals surface area contributed by atoms with Crippen LogP contribution in [0.1, 0.15) is 5.56 Å². The van der Waals surface area contributed by atoms with Crippen molar-refractivity contribution in [2.75, 3.05) is 35.2 Å². The number of nitrogen functional groups attached to an aromatic ring is 1. The first-order chi connectivity index (χ1) is 40.2. The molecule has 0 aromatic heterocycles. The zero-order chi connectivity index (χ0) is 61.9. The summed E-state index contributed by atoms with van der Waals surface area (Å²) in [5.41, 5.74) is 7.41. The summed E-state index contributed by atoms with van der Waals surface area (Å²) in [7, 11) is -21.5.